The van der Waals surface area contributed by atoms with Gasteiger partial charge in [0.2, 0.25) is 5.82 Å². The molecule has 0 heterocycles. The second-order valence-corrected chi connectivity index (χ2v) is 7.67. The summed E-state index contributed by atoms with van der Waals surface area (Å²) in [6.07, 6.45) is 11.8. The van der Waals surface area contributed by atoms with Crippen LogP contribution in [0, 0.1) is 29.4 Å². The summed E-state index contributed by atoms with van der Waals surface area (Å²) in [5.41, 5.74) is 1.35. The van der Waals surface area contributed by atoms with Gasteiger partial charge in [0.15, 0.2) is 11.6 Å². The fourth-order valence-corrected chi connectivity index (χ4v) is 4.32. The number of hydrogen-bond donors (Lipinski definition) is 0. The topological polar surface area (TPSA) is 9.23 Å². The molecule has 0 aromatic heterocycles. The maximum Gasteiger partial charge on any atom is 0.201 e. The van der Waals surface area contributed by atoms with Gasteiger partial charge in [-0.1, -0.05) is 38.7 Å². The maximum absolute atomic E-state index is 14.2. The Morgan fingerprint density at radius 1 is 1.00 bits per heavy atom. The summed E-state index contributed by atoms with van der Waals surface area (Å²) in [5.74, 6) is 0.786. The predicted octanol–water partition coefficient (Wildman–Crippen LogP) is 6.37. The van der Waals surface area contributed by atoms with Gasteiger partial charge in [0.1, 0.15) is 0 Å². The van der Waals surface area contributed by atoms with Gasteiger partial charge in [0.25, 0.3) is 0 Å². The molecule has 132 valence electrons. The molecule has 1 aromatic carbocycles. The van der Waals surface area contributed by atoms with Gasteiger partial charge in [0, 0.05) is 5.56 Å². The Morgan fingerprint density at radius 2 is 1.75 bits per heavy atom. The molecular formula is C21H28F2O. The van der Waals surface area contributed by atoms with Crippen molar-refractivity contribution in [1.82, 2.24) is 0 Å². The van der Waals surface area contributed by atoms with E-state index in [9.17, 15) is 8.78 Å². The fourth-order valence-electron chi connectivity index (χ4n) is 4.32. The van der Waals surface area contributed by atoms with Crippen molar-refractivity contribution in [3.63, 3.8) is 0 Å². The molecule has 0 radical (unpaired) electrons. The number of rotatable bonds is 4. The highest BCUT2D eigenvalue weighted by Gasteiger charge is 2.25. The maximum atomic E-state index is 14.2. The van der Waals surface area contributed by atoms with E-state index in [1.807, 2.05) is 0 Å². The Morgan fingerprint density at radius 3 is 2.38 bits per heavy atom. The monoisotopic (exact) mass is 334 g/mol. The van der Waals surface area contributed by atoms with Crippen molar-refractivity contribution in [3.8, 4) is 5.75 Å². The summed E-state index contributed by atoms with van der Waals surface area (Å²) >= 11 is 0. The zero-order valence-electron chi connectivity index (χ0n) is 14.8. The van der Waals surface area contributed by atoms with E-state index in [4.69, 9.17) is 4.74 Å². The molecular weight excluding hydrogens is 306 g/mol. The van der Waals surface area contributed by atoms with Crippen molar-refractivity contribution in [2.75, 3.05) is 7.11 Å². The average Bonchev–Trinajstić information content (AvgIpc) is 2.60. The minimum absolute atomic E-state index is 0.0305. The van der Waals surface area contributed by atoms with Gasteiger partial charge < -0.3 is 4.74 Å². The number of methoxy groups -OCH3 is 1. The molecule has 1 fully saturated rings. The molecule has 3 rings (SSSR count). The summed E-state index contributed by atoms with van der Waals surface area (Å²) in [6, 6.07) is 3.16. The molecule has 1 aromatic rings. The molecule has 3 heteroatoms. The number of benzene rings is 1. The van der Waals surface area contributed by atoms with Crippen LogP contribution in [0.15, 0.2) is 18.2 Å². The summed E-state index contributed by atoms with van der Waals surface area (Å²) in [6.45, 7) is 2.36. The first-order chi connectivity index (χ1) is 11.6. The van der Waals surface area contributed by atoms with Gasteiger partial charge >= 0.3 is 0 Å². The number of hydrogen-bond acceptors (Lipinski definition) is 1. The Hall–Kier alpha value is -1.38. The molecule has 2 aliphatic carbocycles. The SMILES string of the molecule is COc1ccc(C2=CCC(CC3CCC(C)CC3)CC2)c(F)c1F. The van der Waals surface area contributed by atoms with Crippen LogP contribution in [0.2, 0.25) is 0 Å². The van der Waals surface area contributed by atoms with Crippen molar-refractivity contribution < 1.29 is 13.5 Å². The lowest BCUT2D eigenvalue weighted by Gasteiger charge is -2.31. The van der Waals surface area contributed by atoms with E-state index in [2.05, 4.69) is 13.0 Å². The second-order valence-electron chi connectivity index (χ2n) is 7.67. The molecule has 0 aliphatic heterocycles. The summed E-state index contributed by atoms with van der Waals surface area (Å²) in [4.78, 5) is 0. The van der Waals surface area contributed by atoms with Gasteiger partial charge in [-0.2, -0.15) is 4.39 Å². The van der Waals surface area contributed by atoms with Crippen LogP contribution in [-0.4, -0.2) is 7.11 Å². The van der Waals surface area contributed by atoms with Gasteiger partial charge in [-0.25, -0.2) is 4.39 Å². The van der Waals surface area contributed by atoms with Crippen LogP contribution in [0.1, 0.15) is 63.9 Å². The van der Waals surface area contributed by atoms with E-state index in [0.717, 1.165) is 36.7 Å². The van der Waals surface area contributed by atoms with Gasteiger partial charge in [-0.15, -0.1) is 0 Å². The molecule has 0 N–H and O–H groups in total. The first-order valence-electron chi connectivity index (χ1n) is 9.29. The minimum Gasteiger partial charge on any atom is -0.494 e. The second kappa shape index (κ2) is 7.67. The van der Waals surface area contributed by atoms with Crippen molar-refractivity contribution in [2.24, 2.45) is 17.8 Å². The third-order valence-electron chi connectivity index (χ3n) is 5.93. The molecule has 0 bridgehead atoms. The quantitative estimate of drug-likeness (QED) is 0.621. The highest BCUT2D eigenvalue weighted by Crippen LogP contribution is 2.39. The largest absolute Gasteiger partial charge is 0.494 e. The molecule has 1 nitrogen and oxygen atoms in total. The first kappa shape index (κ1) is 17.4. The van der Waals surface area contributed by atoms with E-state index in [1.165, 1.54) is 45.3 Å². The first-order valence-corrected chi connectivity index (χ1v) is 9.29. The van der Waals surface area contributed by atoms with E-state index in [0.29, 0.717) is 11.5 Å². The Kier molecular flexibility index (Phi) is 5.57. The minimum atomic E-state index is -0.880. The Bertz CT molecular complexity index is 600. The van der Waals surface area contributed by atoms with Crippen molar-refractivity contribution in [3.05, 3.63) is 35.4 Å². The standard InChI is InChI=1S/C21H28F2O/c1-14-3-5-15(6-4-14)13-16-7-9-17(10-8-16)18-11-12-19(24-2)21(23)20(18)22/h9,11-12,14-16H,3-8,10,13H2,1-2H3. The molecule has 1 saturated carbocycles. The lowest BCUT2D eigenvalue weighted by atomic mass is 9.75. The fraction of sp³-hybridized carbons (Fsp3) is 0.619. The Labute approximate surface area is 144 Å². The molecule has 0 spiro atoms. The van der Waals surface area contributed by atoms with Gasteiger partial charge in [-0.3, -0.25) is 0 Å². The van der Waals surface area contributed by atoms with Crippen LogP contribution in [0.3, 0.4) is 0 Å². The van der Waals surface area contributed by atoms with Crippen LogP contribution in [-0.2, 0) is 0 Å². The molecule has 24 heavy (non-hydrogen) atoms. The summed E-state index contributed by atoms with van der Waals surface area (Å²) in [7, 11) is 1.36. The normalized spacial score (nSPS) is 27.7. The molecule has 0 amide bonds. The number of halogens is 2. The number of ether oxygens (including phenoxy) is 1. The van der Waals surface area contributed by atoms with Crippen LogP contribution in [0.4, 0.5) is 8.78 Å². The van der Waals surface area contributed by atoms with E-state index >= 15 is 0 Å². The molecule has 2 aliphatic rings. The average molecular weight is 334 g/mol. The third-order valence-corrected chi connectivity index (χ3v) is 5.93. The predicted molar refractivity (Wildman–Crippen MR) is 94.0 cm³/mol. The van der Waals surface area contributed by atoms with Crippen LogP contribution in [0.25, 0.3) is 5.57 Å². The zero-order valence-corrected chi connectivity index (χ0v) is 14.8. The highest BCUT2D eigenvalue weighted by molar-refractivity contribution is 5.67. The van der Waals surface area contributed by atoms with Crippen molar-refractivity contribution in [1.29, 1.82) is 0 Å². The lowest BCUT2D eigenvalue weighted by molar-refractivity contribution is 0.239. The van der Waals surface area contributed by atoms with E-state index < -0.39 is 11.6 Å². The molecule has 0 saturated heterocycles. The van der Waals surface area contributed by atoms with Crippen LogP contribution >= 0.6 is 0 Å². The lowest BCUT2D eigenvalue weighted by Crippen LogP contribution is -2.17. The van der Waals surface area contributed by atoms with E-state index in [-0.39, 0.29) is 5.75 Å². The zero-order chi connectivity index (χ0) is 17.1. The summed E-state index contributed by atoms with van der Waals surface area (Å²) < 4.78 is 33.0. The van der Waals surface area contributed by atoms with E-state index in [1.54, 1.807) is 6.07 Å². The van der Waals surface area contributed by atoms with Crippen molar-refractivity contribution >= 4 is 5.57 Å². The third kappa shape index (κ3) is 3.81. The van der Waals surface area contributed by atoms with Gasteiger partial charge in [0.05, 0.1) is 7.11 Å². The molecule has 1 unspecified atom stereocenters. The Balaban J connectivity index is 1.62. The highest BCUT2D eigenvalue weighted by atomic mass is 19.2. The number of allylic oxidation sites excluding steroid dienone is 2. The van der Waals surface area contributed by atoms with Gasteiger partial charge in [-0.05, 0) is 61.1 Å². The van der Waals surface area contributed by atoms with Crippen LogP contribution in [0.5, 0.6) is 5.75 Å². The van der Waals surface area contributed by atoms with Crippen molar-refractivity contribution in [2.45, 2.75) is 58.3 Å². The smallest absolute Gasteiger partial charge is 0.201 e. The van der Waals surface area contributed by atoms with Crippen LogP contribution < -0.4 is 4.74 Å². The molecule has 1 atom stereocenters. The summed E-state index contributed by atoms with van der Waals surface area (Å²) in [5, 5.41) is 0.